The van der Waals surface area contributed by atoms with Crippen LogP contribution < -0.4 is 4.74 Å². The highest BCUT2D eigenvalue weighted by Gasteiger charge is 2.22. The number of aryl methyl sites for hydroxylation is 1. The summed E-state index contributed by atoms with van der Waals surface area (Å²) in [6.45, 7) is 7.95. The van der Waals surface area contributed by atoms with E-state index in [4.69, 9.17) is 9.26 Å². The lowest BCUT2D eigenvalue weighted by molar-refractivity contribution is 0.152. The number of rotatable bonds is 6. The van der Waals surface area contributed by atoms with Gasteiger partial charge in [-0.25, -0.2) is 4.79 Å². The summed E-state index contributed by atoms with van der Waals surface area (Å²) in [5.41, 5.74) is 0. The number of ether oxygens (including phenoxy) is 1. The maximum absolute atomic E-state index is 12.4. The van der Waals surface area contributed by atoms with Crippen LogP contribution in [0.2, 0.25) is 0 Å². The van der Waals surface area contributed by atoms with Gasteiger partial charge >= 0.3 is 6.09 Å². The van der Waals surface area contributed by atoms with Crippen molar-refractivity contribution in [3.63, 3.8) is 0 Å². The number of hydrogen-bond donors (Lipinski definition) is 0. The van der Waals surface area contributed by atoms with Crippen molar-refractivity contribution in [2.75, 3.05) is 26.2 Å². The first-order valence-electron chi connectivity index (χ1n) is 9.66. The molecule has 1 fully saturated rings. The van der Waals surface area contributed by atoms with Crippen molar-refractivity contribution in [1.29, 1.82) is 0 Å². The van der Waals surface area contributed by atoms with Crippen molar-refractivity contribution in [1.82, 2.24) is 19.9 Å². The summed E-state index contributed by atoms with van der Waals surface area (Å²) < 4.78 is 10.8. The first-order valence-corrected chi connectivity index (χ1v) is 9.66. The first kappa shape index (κ1) is 19.4. The van der Waals surface area contributed by atoms with Gasteiger partial charge in [0.2, 0.25) is 5.89 Å². The molecular formula is C20H28N4O3. The number of para-hydroxylation sites is 1. The Kier molecular flexibility index (Phi) is 6.81. The lowest BCUT2D eigenvalue weighted by Crippen LogP contribution is -2.37. The van der Waals surface area contributed by atoms with Crippen LogP contribution in [0.4, 0.5) is 4.79 Å². The molecular weight excluding hydrogens is 344 g/mol. The largest absolute Gasteiger partial charge is 0.415 e. The molecule has 0 radical (unpaired) electrons. The second-order valence-electron chi connectivity index (χ2n) is 7.33. The van der Waals surface area contributed by atoms with E-state index in [2.05, 4.69) is 28.9 Å². The van der Waals surface area contributed by atoms with E-state index in [0.29, 0.717) is 37.2 Å². The van der Waals surface area contributed by atoms with Crippen LogP contribution in [0, 0.1) is 5.92 Å². The van der Waals surface area contributed by atoms with Gasteiger partial charge in [-0.3, -0.25) is 4.90 Å². The molecule has 7 heteroatoms. The maximum Gasteiger partial charge on any atom is 0.415 e. The third kappa shape index (κ3) is 6.06. The van der Waals surface area contributed by atoms with E-state index >= 15 is 0 Å². The van der Waals surface area contributed by atoms with Crippen LogP contribution in [0.25, 0.3) is 0 Å². The van der Waals surface area contributed by atoms with Crippen LogP contribution in [0.5, 0.6) is 5.75 Å². The monoisotopic (exact) mass is 372 g/mol. The van der Waals surface area contributed by atoms with Crippen LogP contribution in [-0.2, 0) is 13.0 Å². The predicted molar refractivity (Wildman–Crippen MR) is 101 cm³/mol. The Hall–Kier alpha value is -2.41. The van der Waals surface area contributed by atoms with Crippen LogP contribution in [0.15, 0.2) is 34.9 Å². The minimum atomic E-state index is -0.295. The van der Waals surface area contributed by atoms with E-state index in [1.807, 2.05) is 18.2 Å². The second-order valence-corrected chi connectivity index (χ2v) is 7.33. The molecule has 0 bridgehead atoms. The number of aromatic nitrogens is 2. The van der Waals surface area contributed by atoms with E-state index in [9.17, 15) is 4.79 Å². The van der Waals surface area contributed by atoms with E-state index in [1.54, 1.807) is 17.0 Å². The normalized spacial score (nSPS) is 15.7. The fourth-order valence-electron chi connectivity index (χ4n) is 3.03. The molecule has 7 nitrogen and oxygen atoms in total. The molecule has 0 atom stereocenters. The Morgan fingerprint density at radius 1 is 1.19 bits per heavy atom. The van der Waals surface area contributed by atoms with Gasteiger partial charge in [-0.2, -0.15) is 4.98 Å². The minimum absolute atomic E-state index is 0.295. The molecule has 1 aromatic heterocycles. The quantitative estimate of drug-likeness (QED) is 0.774. The smallest absolute Gasteiger partial charge is 0.410 e. The van der Waals surface area contributed by atoms with Gasteiger partial charge in [0.1, 0.15) is 5.75 Å². The lowest BCUT2D eigenvalue weighted by Gasteiger charge is -2.20. The average molecular weight is 372 g/mol. The summed E-state index contributed by atoms with van der Waals surface area (Å²) in [4.78, 5) is 20.9. The van der Waals surface area contributed by atoms with Crippen molar-refractivity contribution < 1.29 is 14.1 Å². The summed E-state index contributed by atoms with van der Waals surface area (Å²) in [5, 5.41) is 4.07. The van der Waals surface area contributed by atoms with Gasteiger partial charge in [0.25, 0.3) is 0 Å². The van der Waals surface area contributed by atoms with Gasteiger partial charge < -0.3 is 14.2 Å². The van der Waals surface area contributed by atoms with Crippen molar-refractivity contribution in [2.24, 2.45) is 5.92 Å². The maximum atomic E-state index is 12.4. The third-order valence-electron chi connectivity index (χ3n) is 4.61. The van der Waals surface area contributed by atoms with Crippen molar-refractivity contribution >= 4 is 6.09 Å². The molecule has 1 amide bonds. The standard InChI is InChI=1S/C20H28N4O3/c1-16(2)9-10-18-21-19(27-22-18)15-23-11-6-12-24(14-13-23)20(25)26-17-7-4-3-5-8-17/h3-5,7-8,16H,6,9-15H2,1-2H3. The molecule has 27 heavy (non-hydrogen) atoms. The number of amides is 1. The molecule has 2 aromatic rings. The Morgan fingerprint density at radius 3 is 2.78 bits per heavy atom. The SMILES string of the molecule is CC(C)CCc1noc(CN2CCCN(C(=O)Oc3ccccc3)CC2)n1. The third-order valence-corrected chi connectivity index (χ3v) is 4.61. The van der Waals surface area contributed by atoms with Crippen LogP contribution in [-0.4, -0.2) is 52.2 Å². The summed E-state index contributed by atoms with van der Waals surface area (Å²) in [7, 11) is 0. The topological polar surface area (TPSA) is 71.7 Å². The number of carbonyl (C=O) groups is 1. The van der Waals surface area contributed by atoms with Crippen molar-refractivity contribution in [3.8, 4) is 5.75 Å². The summed E-state index contributed by atoms with van der Waals surface area (Å²) in [6.07, 6.45) is 2.50. The number of benzene rings is 1. The van der Waals surface area contributed by atoms with Crippen LogP contribution in [0.3, 0.4) is 0 Å². The van der Waals surface area contributed by atoms with Crippen LogP contribution >= 0.6 is 0 Å². The zero-order valence-corrected chi connectivity index (χ0v) is 16.1. The summed E-state index contributed by atoms with van der Waals surface area (Å²) >= 11 is 0. The highest BCUT2D eigenvalue weighted by atomic mass is 16.6. The van der Waals surface area contributed by atoms with Gasteiger partial charge in [-0.05, 0) is 30.9 Å². The Balaban J connectivity index is 1.47. The molecule has 3 rings (SSSR count). The molecule has 1 aliphatic heterocycles. The predicted octanol–water partition coefficient (Wildman–Crippen LogP) is 3.36. The van der Waals surface area contributed by atoms with Crippen molar-refractivity contribution in [2.45, 2.75) is 39.7 Å². The fourth-order valence-corrected chi connectivity index (χ4v) is 3.03. The summed E-state index contributed by atoms with van der Waals surface area (Å²) in [6, 6.07) is 9.18. The Labute approximate surface area is 160 Å². The lowest BCUT2D eigenvalue weighted by atomic mass is 10.1. The van der Waals surface area contributed by atoms with Gasteiger partial charge in [0.05, 0.1) is 6.54 Å². The molecule has 0 saturated carbocycles. The Bertz CT molecular complexity index is 717. The van der Waals surface area contributed by atoms with E-state index in [0.717, 1.165) is 38.2 Å². The number of hydrogen-bond acceptors (Lipinski definition) is 6. The molecule has 0 unspecified atom stereocenters. The van der Waals surface area contributed by atoms with Crippen molar-refractivity contribution in [3.05, 3.63) is 42.0 Å². The van der Waals surface area contributed by atoms with Crippen LogP contribution in [0.1, 0.15) is 38.4 Å². The van der Waals surface area contributed by atoms with E-state index in [-0.39, 0.29) is 6.09 Å². The van der Waals surface area contributed by atoms with Gasteiger partial charge in [-0.15, -0.1) is 0 Å². The molecule has 1 aromatic carbocycles. The molecule has 146 valence electrons. The van der Waals surface area contributed by atoms with Gasteiger partial charge in [0.15, 0.2) is 5.82 Å². The first-order chi connectivity index (χ1) is 13.1. The molecule has 0 spiro atoms. The molecule has 0 N–H and O–H groups in total. The molecule has 1 saturated heterocycles. The molecule has 2 heterocycles. The summed E-state index contributed by atoms with van der Waals surface area (Å²) in [5.74, 6) is 2.62. The number of nitrogens with zero attached hydrogens (tertiary/aromatic N) is 4. The highest BCUT2D eigenvalue weighted by Crippen LogP contribution is 2.13. The van der Waals surface area contributed by atoms with E-state index < -0.39 is 0 Å². The van der Waals surface area contributed by atoms with Gasteiger partial charge in [0, 0.05) is 32.6 Å². The molecule has 1 aliphatic rings. The second kappa shape index (κ2) is 9.50. The molecule has 0 aliphatic carbocycles. The highest BCUT2D eigenvalue weighted by molar-refractivity contribution is 5.70. The zero-order valence-electron chi connectivity index (χ0n) is 16.1. The van der Waals surface area contributed by atoms with E-state index in [1.165, 1.54) is 0 Å². The zero-order chi connectivity index (χ0) is 19.1. The average Bonchev–Trinajstić information content (AvgIpc) is 2.97. The minimum Gasteiger partial charge on any atom is -0.410 e. The van der Waals surface area contributed by atoms with Gasteiger partial charge in [-0.1, -0.05) is 37.2 Å². The Morgan fingerprint density at radius 2 is 2.00 bits per heavy atom. The number of carbonyl (C=O) groups excluding carboxylic acids is 1. The fraction of sp³-hybridized carbons (Fsp3) is 0.550.